The van der Waals surface area contributed by atoms with Gasteiger partial charge in [0.15, 0.2) is 0 Å². The van der Waals surface area contributed by atoms with Crippen molar-refractivity contribution in [1.29, 1.82) is 0 Å². The molecule has 2 saturated heterocycles. The van der Waals surface area contributed by atoms with E-state index in [9.17, 15) is 0 Å². The fourth-order valence-electron chi connectivity index (χ4n) is 3.63. The van der Waals surface area contributed by atoms with Crippen LogP contribution in [0.4, 0.5) is 5.82 Å². The normalized spacial score (nSPS) is 18.3. The molecule has 2 aromatic rings. The number of pyridine rings is 1. The maximum Gasteiger partial charge on any atom is 0.205 e. The fraction of sp³-hybridized carbons (Fsp3) is 0.500. The average Bonchev–Trinajstić information content (AvgIpc) is 3.29. The predicted octanol–water partition coefficient (Wildman–Crippen LogP) is 3.60. The number of nitrogens with one attached hydrogen (secondary N) is 1. The Bertz CT molecular complexity index is 729. The van der Waals surface area contributed by atoms with E-state index in [1.165, 1.54) is 32.4 Å². The Morgan fingerprint density at radius 2 is 1.79 bits per heavy atom. The van der Waals surface area contributed by atoms with Crippen molar-refractivity contribution in [2.24, 2.45) is 0 Å². The Labute approximate surface area is 166 Å². The van der Waals surface area contributed by atoms with E-state index in [1.54, 1.807) is 0 Å². The molecule has 0 amide bonds. The molecule has 0 atom stereocenters. The molecule has 6 nitrogen and oxygen atoms in total. The number of ether oxygens (including phenoxy) is 3. The monoisotopic (exact) mass is 383 g/mol. The van der Waals surface area contributed by atoms with Crippen molar-refractivity contribution >= 4 is 5.82 Å². The lowest BCUT2D eigenvalue weighted by molar-refractivity contribution is -0.0490. The summed E-state index contributed by atoms with van der Waals surface area (Å²) in [5.41, 5.74) is 1.82. The molecule has 28 heavy (non-hydrogen) atoms. The zero-order valence-corrected chi connectivity index (χ0v) is 16.3. The molecule has 150 valence electrons. The molecule has 0 unspecified atom stereocenters. The number of nitrogens with zero attached hydrogens (tertiary/aromatic N) is 2. The number of benzene rings is 1. The molecule has 4 rings (SSSR count). The van der Waals surface area contributed by atoms with Gasteiger partial charge in [0.05, 0.1) is 13.2 Å². The molecule has 0 saturated carbocycles. The van der Waals surface area contributed by atoms with Gasteiger partial charge in [-0.1, -0.05) is 36.8 Å². The van der Waals surface area contributed by atoms with Gasteiger partial charge in [-0.2, -0.15) is 0 Å². The molecule has 0 bridgehead atoms. The van der Waals surface area contributed by atoms with Crippen LogP contribution in [0.2, 0.25) is 0 Å². The quantitative estimate of drug-likeness (QED) is 0.752. The molecule has 0 aliphatic carbocycles. The van der Waals surface area contributed by atoms with Crippen LogP contribution in [0.1, 0.15) is 36.8 Å². The van der Waals surface area contributed by atoms with Crippen LogP contribution in [0.5, 0.6) is 5.75 Å². The van der Waals surface area contributed by atoms with Crippen molar-refractivity contribution in [1.82, 2.24) is 9.88 Å². The molecule has 3 heterocycles. The highest BCUT2D eigenvalue weighted by Crippen LogP contribution is 2.31. The first-order valence-corrected chi connectivity index (χ1v) is 10.3. The van der Waals surface area contributed by atoms with Crippen LogP contribution in [0.15, 0.2) is 42.5 Å². The Morgan fingerprint density at radius 1 is 1.00 bits per heavy atom. The Balaban J connectivity index is 1.39. The number of hydrogen-bond acceptors (Lipinski definition) is 6. The molecule has 2 fully saturated rings. The standard InChI is InChI=1S/C22H29N3O3/c1-3-7-18(8-4-1)17-28-19-9-10-20(24-21(19)22-26-15-16-27-22)23-11-14-25-12-5-2-6-13-25/h1,3-4,7-10,22H,2,5-6,11-17H2,(H,23,24). The third kappa shape index (κ3) is 5.22. The van der Waals surface area contributed by atoms with Crippen molar-refractivity contribution in [3.05, 3.63) is 53.7 Å². The van der Waals surface area contributed by atoms with Crippen molar-refractivity contribution in [3.63, 3.8) is 0 Å². The fourth-order valence-corrected chi connectivity index (χ4v) is 3.63. The lowest BCUT2D eigenvalue weighted by Gasteiger charge is -2.26. The smallest absolute Gasteiger partial charge is 0.205 e. The second-order valence-corrected chi connectivity index (χ2v) is 7.26. The maximum absolute atomic E-state index is 6.03. The van der Waals surface area contributed by atoms with Crippen LogP contribution in [0.3, 0.4) is 0 Å². The molecule has 1 aromatic heterocycles. The highest BCUT2D eigenvalue weighted by Gasteiger charge is 2.24. The summed E-state index contributed by atoms with van der Waals surface area (Å²) in [4.78, 5) is 7.26. The second kappa shape index (κ2) is 9.87. The molecule has 0 spiro atoms. The van der Waals surface area contributed by atoms with Crippen molar-refractivity contribution in [2.45, 2.75) is 32.2 Å². The van der Waals surface area contributed by atoms with E-state index in [1.807, 2.05) is 42.5 Å². The van der Waals surface area contributed by atoms with Crippen LogP contribution in [0, 0.1) is 0 Å². The first-order chi connectivity index (χ1) is 13.9. The van der Waals surface area contributed by atoms with E-state index in [0.717, 1.165) is 24.5 Å². The topological polar surface area (TPSA) is 55.9 Å². The Hall–Kier alpha value is -2.15. The van der Waals surface area contributed by atoms with Crippen molar-refractivity contribution < 1.29 is 14.2 Å². The number of piperidine rings is 1. The molecular formula is C22H29N3O3. The number of aromatic nitrogens is 1. The van der Waals surface area contributed by atoms with Crippen LogP contribution >= 0.6 is 0 Å². The third-order valence-corrected chi connectivity index (χ3v) is 5.15. The van der Waals surface area contributed by atoms with Gasteiger partial charge in [-0.25, -0.2) is 4.98 Å². The number of hydrogen-bond donors (Lipinski definition) is 1. The van der Waals surface area contributed by atoms with Gasteiger partial charge in [-0.05, 0) is 43.6 Å². The van der Waals surface area contributed by atoms with Crippen molar-refractivity contribution in [3.8, 4) is 5.75 Å². The van der Waals surface area contributed by atoms with Gasteiger partial charge in [-0.15, -0.1) is 0 Å². The number of rotatable bonds is 8. The van der Waals surface area contributed by atoms with Gasteiger partial charge in [0.2, 0.25) is 6.29 Å². The summed E-state index contributed by atoms with van der Waals surface area (Å²) >= 11 is 0. The summed E-state index contributed by atoms with van der Waals surface area (Å²) in [6.07, 6.45) is 3.52. The Kier molecular flexibility index (Phi) is 6.76. The predicted molar refractivity (Wildman–Crippen MR) is 108 cm³/mol. The van der Waals surface area contributed by atoms with Crippen molar-refractivity contribution in [2.75, 3.05) is 44.7 Å². The summed E-state index contributed by atoms with van der Waals surface area (Å²) in [7, 11) is 0. The zero-order chi connectivity index (χ0) is 19.0. The van der Waals surface area contributed by atoms with Gasteiger partial charge in [0.25, 0.3) is 0 Å². The lowest BCUT2D eigenvalue weighted by atomic mass is 10.1. The van der Waals surface area contributed by atoms with Crippen LogP contribution in [0.25, 0.3) is 0 Å². The highest BCUT2D eigenvalue weighted by molar-refractivity contribution is 5.42. The van der Waals surface area contributed by atoms with Crippen LogP contribution in [-0.2, 0) is 16.1 Å². The van der Waals surface area contributed by atoms with E-state index in [2.05, 4.69) is 10.2 Å². The van der Waals surface area contributed by atoms with Gasteiger partial charge in [0.1, 0.15) is 23.9 Å². The minimum absolute atomic E-state index is 0.463. The van der Waals surface area contributed by atoms with E-state index < -0.39 is 6.29 Å². The third-order valence-electron chi connectivity index (χ3n) is 5.15. The molecule has 0 radical (unpaired) electrons. The molecule has 1 aromatic carbocycles. The number of likely N-dealkylation sites (tertiary alicyclic amines) is 1. The summed E-state index contributed by atoms with van der Waals surface area (Å²) in [5, 5.41) is 3.44. The van der Waals surface area contributed by atoms with E-state index in [4.69, 9.17) is 19.2 Å². The summed E-state index contributed by atoms with van der Waals surface area (Å²) in [6, 6.07) is 14.0. The average molecular weight is 383 g/mol. The van der Waals surface area contributed by atoms with Gasteiger partial charge >= 0.3 is 0 Å². The molecular weight excluding hydrogens is 354 g/mol. The molecule has 2 aliphatic rings. The molecule has 1 N–H and O–H groups in total. The summed E-state index contributed by atoms with van der Waals surface area (Å²) < 4.78 is 17.4. The largest absolute Gasteiger partial charge is 0.487 e. The van der Waals surface area contributed by atoms with E-state index >= 15 is 0 Å². The van der Waals surface area contributed by atoms with E-state index in [0.29, 0.717) is 31.3 Å². The van der Waals surface area contributed by atoms with Crippen LogP contribution < -0.4 is 10.1 Å². The molecule has 2 aliphatic heterocycles. The summed E-state index contributed by atoms with van der Waals surface area (Å²) in [6.45, 7) is 5.98. The lowest BCUT2D eigenvalue weighted by Crippen LogP contribution is -2.33. The minimum Gasteiger partial charge on any atom is -0.487 e. The summed E-state index contributed by atoms with van der Waals surface area (Å²) in [5.74, 6) is 1.54. The maximum atomic E-state index is 6.03. The minimum atomic E-state index is -0.463. The Morgan fingerprint density at radius 3 is 2.57 bits per heavy atom. The van der Waals surface area contributed by atoms with Gasteiger partial charge in [0, 0.05) is 13.1 Å². The van der Waals surface area contributed by atoms with E-state index in [-0.39, 0.29) is 0 Å². The van der Waals surface area contributed by atoms with Gasteiger partial charge in [-0.3, -0.25) is 0 Å². The SMILES string of the molecule is c1ccc(COc2ccc(NCCN3CCCCC3)nc2C2OCCO2)cc1. The van der Waals surface area contributed by atoms with Gasteiger partial charge < -0.3 is 24.4 Å². The highest BCUT2D eigenvalue weighted by atomic mass is 16.7. The zero-order valence-electron chi connectivity index (χ0n) is 16.3. The second-order valence-electron chi connectivity index (χ2n) is 7.26. The first-order valence-electron chi connectivity index (χ1n) is 10.3. The first kappa shape index (κ1) is 19.2. The molecule has 6 heteroatoms. The van der Waals surface area contributed by atoms with Crippen LogP contribution in [-0.4, -0.2) is 49.3 Å². The number of anilines is 1.